The Bertz CT molecular complexity index is 722. The van der Waals surface area contributed by atoms with Crippen LogP contribution in [0.4, 0.5) is 5.69 Å². The third kappa shape index (κ3) is 2.75. The molecule has 0 aliphatic rings. The van der Waals surface area contributed by atoms with Gasteiger partial charge < -0.3 is 10.5 Å². The maximum atomic E-state index is 12.0. The van der Waals surface area contributed by atoms with Gasteiger partial charge in [-0.05, 0) is 18.2 Å². The van der Waals surface area contributed by atoms with Crippen LogP contribution in [0.5, 0.6) is 11.5 Å². The Kier molecular flexibility index (Phi) is 3.69. The Morgan fingerprint density at radius 1 is 1.35 bits per heavy atom. The third-order valence-corrected chi connectivity index (χ3v) is 4.48. The number of sulfonamides is 1. The molecule has 0 saturated heterocycles. The van der Waals surface area contributed by atoms with Crippen LogP contribution < -0.4 is 10.5 Å². The van der Waals surface area contributed by atoms with E-state index in [4.69, 9.17) is 10.5 Å². The fourth-order valence-electron chi connectivity index (χ4n) is 1.57. The van der Waals surface area contributed by atoms with E-state index in [1.54, 1.807) is 24.1 Å². The minimum absolute atomic E-state index is 0.124. The highest BCUT2D eigenvalue weighted by Gasteiger charge is 2.18. The fourth-order valence-corrected chi connectivity index (χ4v) is 2.51. The average molecular weight is 296 g/mol. The first-order chi connectivity index (χ1) is 9.30. The second-order valence-electron chi connectivity index (χ2n) is 4.44. The summed E-state index contributed by atoms with van der Waals surface area (Å²) < 4.78 is 32.2. The Morgan fingerprint density at radius 3 is 2.55 bits per heavy atom. The molecule has 1 heterocycles. The summed E-state index contributed by atoms with van der Waals surface area (Å²) in [6, 6.07) is 4.36. The van der Waals surface area contributed by atoms with Crippen molar-refractivity contribution in [3.05, 3.63) is 30.6 Å². The van der Waals surface area contributed by atoms with Gasteiger partial charge in [-0.2, -0.15) is 5.10 Å². The van der Waals surface area contributed by atoms with E-state index in [1.807, 2.05) is 0 Å². The molecule has 0 saturated carbocycles. The number of hydrogen-bond donors (Lipinski definition) is 1. The lowest BCUT2D eigenvalue weighted by Gasteiger charge is -2.13. The van der Waals surface area contributed by atoms with Crippen LogP contribution in [0.25, 0.3) is 0 Å². The van der Waals surface area contributed by atoms with Gasteiger partial charge in [0.25, 0.3) is 0 Å². The molecule has 2 aromatic rings. The standard InChI is InChI=1S/C12H16N4O3S/c1-15(2)20(17,18)10-4-5-12(11(13)6-10)19-9-7-14-16(3)8-9/h4-8H,13H2,1-3H3. The fraction of sp³-hybridized carbons (Fsp3) is 0.250. The summed E-state index contributed by atoms with van der Waals surface area (Å²) in [4.78, 5) is 0.124. The maximum absolute atomic E-state index is 12.0. The highest BCUT2D eigenvalue weighted by molar-refractivity contribution is 7.89. The molecule has 1 aromatic heterocycles. The molecule has 108 valence electrons. The van der Waals surface area contributed by atoms with Crippen LogP contribution in [0.2, 0.25) is 0 Å². The molecular formula is C12H16N4O3S. The van der Waals surface area contributed by atoms with Gasteiger partial charge in [-0.1, -0.05) is 0 Å². The van der Waals surface area contributed by atoms with Crippen LogP contribution in [0.1, 0.15) is 0 Å². The maximum Gasteiger partial charge on any atom is 0.242 e. The number of nitrogen functional groups attached to an aromatic ring is 1. The predicted molar refractivity (Wildman–Crippen MR) is 75.0 cm³/mol. The first-order valence-electron chi connectivity index (χ1n) is 5.79. The molecule has 0 unspecified atom stereocenters. The number of aromatic nitrogens is 2. The van der Waals surface area contributed by atoms with Gasteiger partial charge in [-0.25, -0.2) is 12.7 Å². The summed E-state index contributed by atoms with van der Waals surface area (Å²) in [6.45, 7) is 0. The molecule has 0 amide bonds. The summed E-state index contributed by atoms with van der Waals surface area (Å²) in [5.41, 5.74) is 6.08. The number of hydrogen-bond acceptors (Lipinski definition) is 5. The van der Waals surface area contributed by atoms with E-state index in [1.165, 1.54) is 32.3 Å². The van der Waals surface area contributed by atoms with Crippen LogP contribution in [0, 0.1) is 0 Å². The smallest absolute Gasteiger partial charge is 0.242 e. The van der Waals surface area contributed by atoms with E-state index < -0.39 is 10.0 Å². The zero-order valence-electron chi connectivity index (χ0n) is 11.4. The van der Waals surface area contributed by atoms with Crippen molar-refractivity contribution in [2.45, 2.75) is 4.90 Å². The quantitative estimate of drug-likeness (QED) is 0.851. The van der Waals surface area contributed by atoms with Gasteiger partial charge >= 0.3 is 0 Å². The molecule has 0 atom stereocenters. The van der Waals surface area contributed by atoms with Crippen LogP contribution >= 0.6 is 0 Å². The second-order valence-corrected chi connectivity index (χ2v) is 6.59. The first kappa shape index (κ1) is 14.4. The summed E-state index contributed by atoms with van der Waals surface area (Å²) in [6.07, 6.45) is 3.23. The van der Waals surface area contributed by atoms with Crippen LogP contribution in [0.15, 0.2) is 35.5 Å². The Balaban J connectivity index is 2.31. The molecule has 0 spiro atoms. The predicted octanol–water partition coefficient (Wildman–Crippen LogP) is 1.04. The number of ether oxygens (including phenoxy) is 1. The van der Waals surface area contributed by atoms with Gasteiger partial charge in [0, 0.05) is 21.1 Å². The Hall–Kier alpha value is -2.06. The number of anilines is 1. The molecule has 2 rings (SSSR count). The van der Waals surface area contributed by atoms with Crippen molar-refractivity contribution >= 4 is 15.7 Å². The van der Waals surface area contributed by atoms with Gasteiger partial charge in [0.15, 0.2) is 11.5 Å². The van der Waals surface area contributed by atoms with Crippen LogP contribution in [-0.4, -0.2) is 36.6 Å². The monoisotopic (exact) mass is 296 g/mol. The van der Waals surface area contributed by atoms with Crippen molar-refractivity contribution in [2.75, 3.05) is 19.8 Å². The average Bonchev–Trinajstić information content (AvgIpc) is 2.77. The van der Waals surface area contributed by atoms with Gasteiger partial charge in [-0.3, -0.25) is 4.68 Å². The largest absolute Gasteiger partial charge is 0.452 e. The molecule has 7 nitrogen and oxygen atoms in total. The van der Waals surface area contributed by atoms with Gasteiger partial charge in [0.05, 0.1) is 23.0 Å². The van der Waals surface area contributed by atoms with Crippen molar-refractivity contribution in [1.82, 2.24) is 14.1 Å². The van der Waals surface area contributed by atoms with E-state index in [2.05, 4.69) is 5.10 Å². The number of aryl methyl sites for hydroxylation is 1. The van der Waals surface area contributed by atoms with E-state index in [9.17, 15) is 8.42 Å². The summed E-state index contributed by atoms with van der Waals surface area (Å²) in [5, 5.41) is 3.97. The van der Waals surface area contributed by atoms with Crippen molar-refractivity contribution in [3.63, 3.8) is 0 Å². The molecule has 0 aliphatic heterocycles. The van der Waals surface area contributed by atoms with Crippen molar-refractivity contribution in [1.29, 1.82) is 0 Å². The van der Waals surface area contributed by atoms with E-state index in [0.717, 1.165) is 4.31 Å². The van der Waals surface area contributed by atoms with Crippen molar-refractivity contribution in [3.8, 4) is 11.5 Å². The van der Waals surface area contributed by atoms with E-state index in [0.29, 0.717) is 11.5 Å². The zero-order valence-corrected chi connectivity index (χ0v) is 12.3. The SMILES string of the molecule is CN(C)S(=O)(=O)c1ccc(Oc2cnn(C)c2)c(N)c1. The minimum Gasteiger partial charge on any atom is -0.452 e. The topological polar surface area (TPSA) is 90.5 Å². The molecular weight excluding hydrogens is 280 g/mol. The molecule has 0 bridgehead atoms. The molecule has 0 radical (unpaired) electrons. The second kappa shape index (κ2) is 5.14. The summed E-state index contributed by atoms with van der Waals surface area (Å²) >= 11 is 0. The van der Waals surface area contributed by atoms with E-state index in [-0.39, 0.29) is 10.6 Å². The number of rotatable bonds is 4. The highest BCUT2D eigenvalue weighted by atomic mass is 32.2. The molecule has 0 aliphatic carbocycles. The normalized spacial score (nSPS) is 11.8. The van der Waals surface area contributed by atoms with Gasteiger partial charge in [0.2, 0.25) is 10.0 Å². The lowest BCUT2D eigenvalue weighted by Crippen LogP contribution is -2.22. The molecule has 2 N–H and O–H groups in total. The number of benzene rings is 1. The Morgan fingerprint density at radius 2 is 2.05 bits per heavy atom. The van der Waals surface area contributed by atoms with Gasteiger partial charge in [0.1, 0.15) is 0 Å². The number of nitrogens with two attached hydrogens (primary N) is 1. The summed E-state index contributed by atoms with van der Waals surface area (Å²) in [7, 11) is 1.19. The van der Waals surface area contributed by atoms with Crippen LogP contribution in [-0.2, 0) is 17.1 Å². The lowest BCUT2D eigenvalue weighted by atomic mass is 10.3. The molecule has 1 aromatic carbocycles. The summed E-state index contributed by atoms with van der Waals surface area (Å²) in [5.74, 6) is 0.915. The van der Waals surface area contributed by atoms with Crippen LogP contribution in [0.3, 0.4) is 0 Å². The Labute approximate surface area is 117 Å². The van der Waals surface area contributed by atoms with E-state index >= 15 is 0 Å². The third-order valence-electron chi connectivity index (χ3n) is 2.67. The zero-order chi connectivity index (χ0) is 14.9. The number of nitrogens with zero attached hydrogens (tertiary/aromatic N) is 3. The molecule has 8 heteroatoms. The highest BCUT2D eigenvalue weighted by Crippen LogP contribution is 2.29. The van der Waals surface area contributed by atoms with Crippen molar-refractivity contribution < 1.29 is 13.2 Å². The first-order valence-corrected chi connectivity index (χ1v) is 7.23. The lowest BCUT2D eigenvalue weighted by molar-refractivity contribution is 0.483. The van der Waals surface area contributed by atoms with Gasteiger partial charge in [-0.15, -0.1) is 0 Å². The molecule has 20 heavy (non-hydrogen) atoms. The van der Waals surface area contributed by atoms with Crippen molar-refractivity contribution in [2.24, 2.45) is 7.05 Å². The molecule has 0 fully saturated rings. The minimum atomic E-state index is -3.50.